The number of rotatable bonds is 7. The van der Waals surface area contributed by atoms with E-state index in [4.69, 9.17) is 4.98 Å². The highest BCUT2D eigenvalue weighted by Crippen LogP contribution is 2.41. The van der Waals surface area contributed by atoms with E-state index in [-0.39, 0.29) is 23.3 Å². The lowest BCUT2D eigenvalue weighted by atomic mass is 10.1. The molecule has 0 unspecified atom stereocenters. The summed E-state index contributed by atoms with van der Waals surface area (Å²) in [7, 11) is -3.25. The first-order chi connectivity index (χ1) is 16.3. The number of H-pyrrole nitrogens is 1. The molecule has 3 heterocycles. The van der Waals surface area contributed by atoms with E-state index in [0.29, 0.717) is 5.13 Å². The van der Waals surface area contributed by atoms with Crippen molar-refractivity contribution in [1.82, 2.24) is 25.3 Å². The standard InChI is InChI=1S/C23H24N6O3S2/c1-3-19-22-20(13-29(19)12-15-6-9-17-18(10-15)27-28-26-17)33-23(25-22)24-21(30)11-14-4-7-16(8-5-14)34(2,31)32/h4-10,19H,3,11-13H2,1-2H3,(H,24,25,30)(H,26,27,28)/t19-/m0/s1. The molecule has 0 saturated heterocycles. The van der Waals surface area contributed by atoms with Crippen LogP contribution in [0.2, 0.25) is 0 Å². The second-order valence-corrected chi connectivity index (χ2v) is 11.5. The normalized spacial score (nSPS) is 16.1. The van der Waals surface area contributed by atoms with Gasteiger partial charge in [-0.3, -0.25) is 9.69 Å². The number of carbonyl (C=O) groups is 1. The van der Waals surface area contributed by atoms with Crippen LogP contribution in [0.5, 0.6) is 0 Å². The van der Waals surface area contributed by atoms with E-state index in [9.17, 15) is 13.2 Å². The van der Waals surface area contributed by atoms with Crippen LogP contribution in [0.25, 0.3) is 11.0 Å². The molecule has 9 nitrogen and oxygen atoms in total. The van der Waals surface area contributed by atoms with Crippen molar-refractivity contribution >= 4 is 43.2 Å². The monoisotopic (exact) mass is 496 g/mol. The van der Waals surface area contributed by atoms with E-state index in [2.05, 4.69) is 44.7 Å². The molecule has 2 aromatic heterocycles. The van der Waals surface area contributed by atoms with Gasteiger partial charge in [0.25, 0.3) is 0 Å². The average molecular weight is 497 g/mol. The zero-order chi connectivity index (χ0) is 23.9. The SMILES string of the molecule is CC[C@H]1c2nc(NC(=O)Cc3ccc(S(C)(=O)=O)cc3)sc2CN1Cc1ccc2n[nH]nc2c1. The Hall–Kier alpha value is -3.15. The van der Waals surface area contributed by atoms with Crippen molar-refractivity contribution in [3.8, 4) is 0 Å². The second-order valence-electron chi connectivity index (χ2n) is 8.44. The van der Waals surface area contributed by atoms with Gasteiger partial charge in [-0.1, -0.05) is 25.1 Å². The first-order valence-electron chi connectivity index (χ1n) is 10.9. The third kappa shape index (κ3) is 4.59. The maximum absolute atomic E-state index is 12.5. The van der Waals surface area contributed by atoms with Crippen molar-refractivity contribution in [3.05, 3.63) is 64.2 Å². The Morgan fingerprint density at radius 3 is 2.62 bits per heavy atom. The summed E-state index contributed by atoms with van der Waals surface area (Å²) in [5, 5.41) is 14.4. The fourth-order valence-corrected chi connectivity index (χ4v) is 5.99. The van der Waals surface area contributed by atoms with E-state index >= 15 is 0 Å². The molecule has 0 radical (unpaired) electrons. The Morgan fingerprint density at radius 1 is 1.15 bits per heavy atom. The number of nitrogens with zero attached hydrogens (tertiary/aromatic N) is 4. The van der Waals surface area contributed by atoms with Crippen molar-refractivity contribution in [2.24, 2.45) is 0 Å². The smallest absolute Gasteiger partial charge is 0.230 e. The number of fused-ring (bicyclic) bond motifs is 2. The van der Waals surface area contributed by atoms with E-state index in [0.717, 1.165) is 48.1 Å². The number of hydrogen-bond acceptors (Lipinski definition) is 8. The summed E-state index contributed by atoms with van der Waals surface area (Å²) in [6.07, 6.45) is 2.24. The number of sulfone groups is 1. The Labute approximate surface area is 201 Å². The third-order valence-corrected chi connectivity index (χ3v) is 8.05. The molecular formula is C23H24N6O3S2. The lowest BCUT2D eigenvalue weighted by Crippen LogP contribution is -2.22. The van der Waals surface area contributed by atoms with Crippen LogP contribution in [0.1, 0.15) is 41.1 Å². The molecule has 0 bridgehead atoms. The van der Waals surface area contributed by atoms with Crippen LogP contribution in [-0.2, 0) is 34.1 Å². The van der Waals surface area contributed by atoms with Crippen LogP contribution < -0.4 is 5.32 Å². The molecule has 1 aliphatic heterocycles. The van der Waals surface area contributed by atoms with Crippen LogP contribution >= 0.6 is 11.3 Å². The van der Waals surface area contributed by atoms with Crippen LogP contribution in [0.15, 0.2) is 47.4 Å². The van der Waals surface area contributed by atoms with E-state index < -0.39 is 9.84 Å². The minimum atomic E-state index is -3.25. The van der Waals surface area contributed by atoms with Crippen LogP contribution in [0.4, 0.5) is 5.13 Å². The van der Waals surface area contributed by atoms with Crippen LogP contribution in [-0.4, -0.2) is 45.9 Å². The molecule has 2 aromatic carbocycles. The number of benzene rings is 2. The number of hydrogen-bond donors (Lipinski definition) is 2. The maximum atomic E-state index is 12.5. The Kier molecular flexibility index (Phi) is 5.92. The van der Waals surface area contributed by atoms with Gasteiger partial charge in [0.1, 0.15) is 11.0 Å². The van der Waals surface area contributed by atoms with Crippen molar-refractivity contribution in [1.29, 1.82) is 0 Å². The molecule has 1 atom stereocenters. The van der Waals surface area contributed by atoms with Gasteiger partial charge < -0.3 is 5.32 Å². The molecule has 4 aromatic rings. The first-order valence-corrected chi connectivity index (χ1v) is 13.6. The fraction of sp³-hybridized carbons (Fsp3) is 0.304. The summed E-state index contributed by atoms with van der Waals surface area (Å²) in [6, 6.07) is 12.7. The molecule has 2 N–H and O–H groups in total. The average Bonchev–Trinajstić information content (AvgIpc) is 3.47. The second kappa shape index (κ2) is 8.90. The van der Waals surface area contributed by atoms with E-state index in [1.165, 1.54) is 33.9 Å². The molecule has 0 spiro atoms. The number of carbonyl (C=O) groups excluding carboxylic acids is 1. The predicted octanol–water partition coefficient (Wildman–Crippen LogP) is 3.47. The highest BCUT2D eigenvalue weighted by atomic mass is 32.2. The summed E-state index contributed by atoms with van der Waals surface area (Å²) in [5.41, 5.74) is 4.65. The van der Waals surface area contributed by atoms with Crippen molar-refractivity contribution in [2.45, 2.75) is 43.8 Å². The molecule has 0 fully saturated rings. The molecule has 11 heteroatoms. The lowest BCUT2D eigenvalue weighted by Gasteiger charge is -2.23. The van der Waals surface area contributed by atoms with Gasteiger partial charge in [0.2, 0.25) is 5.91 Å². The molecule has 1 amide bonds. The Bertz CT molecular complexity index is 1460. The first kappa shape index (κ1) is 22.6. The Morgan fingerprint density at radius 2 is 1.88 bits per heavy atom. The van der Waals surface area contributed by atoms with Gasteiger partial charge in [0, 0.05) is 24.2 Å². The van der Waals surface area contributed by atoms with Gasteiger partial charge in [0.05, 0.1) is 23.1 Å². The van der Waals surface area contributed by atoms with Gasteiger partial charge >= 0.3 is 0 Å². The van der Waals surface area contributed by atoms with Gasteiger partial charge in [-0.2, -0.15) is 15.4 Å². The van der Waals surface area contributed by atoms with Gasteiger partial charge in [-0.05, 0) is 41.8 Å². The van der Waals surface area contributed by atoms with Gasteiger partial charge in [0.15, 0.2) is 15.0 Å². The minimum Gasteiger partial charge on any atom is -0.302 e. The lowest BCUT2D eigenvalue weighted by molar-refractivity contribution is -0.115. The van der Waals surface area contributed by atoms with E-state index in [1.807, 2.05) is 6.07 Å². The largest absolute Gasteiger partial charge is 0.302 e. The topological polar surface area (TPSA) is 121 Å². The number of amides is 1. The molecule has 5 rings (SSSR count). The van der Waals surface area contributed by atoms with Crippen molar-refractivity contribution in [3.63, 3.8) is 0 Å². The highest BCUT2D eigenvalue weighted by molar-refractivity contribution is 7.90. The summed E-state index contributed by atoms with van der Waals surface area (Å²) in [4.78, 5) is 21.1. The number of nitrogens with one attached hydrogen (secondary N) is 2. The third-order valence-electron chi connectivity index (χ3n) is 5.95. The number of aromatic nitrogens is 4. The van der Waals surface area contributed by atoms with Crippen LogP contribution in [0.3, 0.4) is 0 Å². The number of aromatic amines is 1. The molecule has 1 aliphatic rings. The summed E-state index contributed by atoms with van der Waals surface area (Å²) in [5.74, 6) is -0.176. The predicted molar refractivity (Wildman–Crippen MR) is 130 cm³/mol. The highest BCUT2D eigenvalue weighted by Gasteiger charge is 2.33. The number of thiazole rings is 1. The fourth-order valence-electron chi connectivity index (χ4n) is 4.30. The van der Waals surface area contributed by atoms with Gasteiger partial charge in [-0.25, -0.2) is 13.4 Å². The zero-order valence-electron chi connectivity index (χ0n) is 18.8. The Balaban J connectivity index is 1.23. The quantitative estimate of drug-likeness (QED) is 0.402. The summed E-state index contributed by atoms with van der Waals surface area (Å²) in [6.45, 7) is 3.71. The van der Waals surface area contributed by atoms with Crippen molar-refractivity contribution in [2.75, 3.05) is 11.6 Å². The molecule has 0 saturated carbocycles. The summed E-state index contributed by atoms with van der Waals surface area (Å²) < 4.78 is 23.2. The maximum Gasteiger partial charge on any atom is 0.230 e. The molecular weight excluding hydrogens is 472 g/mol. The van der Waals surface area contributed by atoms with E-state index in [1.54, 1.807) is 12.1 Å². The van der Waals surface area contributed by atoms with Crippen LogP contribution in [0, 0.1) is 0 Å². The molecule has 34 heavy (non-hydrogen) atoms. The number of anilines is 1. The molecule has 0 aliphatic carbocycles. The summed E-state index contributed by atoms with van der Waals surface area (Å²) >= 11 is 1.51. The molecule has 176 valence electrons. The minimum absolute atomic E-state index is 0.155. The van der Waals surface area contributed by atoms with Crippen molar-refractivity contribution < 1.29 is 13.2 Å². The zero-order valence-corrected chi connectivity index (χ0v) is 20.4. The van der Waals surface area contributed by atoms with Gasteiger partial charge in [-0.15, -0.1) is 11.3 Å².